The molecule has 0 amide bonds. The van der Waals surface area contributed by atoms with E-state index in [0.29, 0.717) is 24.1 Å². The maximum absolute atomic E-state index is 12.3. The predicted octanol–water partition coefficient (Wildman–Crippen LogP) is 0.905. The molecule has 0 unspecified atom stereocenters. The summed E-state index contributed by atoms with van der Waals surface area (Å²) in [6.07, 6.45) is 3.88. The molecule has 21 heavy (non-hydrogen) atoms. The van der Waals surface area contributed by atoms with E-state index < -0.39 is 5.97 Å². The van der Waals surface area contributed by atoms with Crippen LogP contribution in [0.5, 0.6) is 0 Å². The number of rotatable bonds is 5. The van der Waals surface area contributed by atoms with Gasteiger partial charge in [-0.3, -0.25) is 14.6 Å². The molecule has 6 nitrogen and oxygen atoms in total. The average Bonchev–Trinajstić information content (AvgIpc) is 2.51. The van der Waals surface area contributed by atoms with E-state index in [1.807, 2.05) is 18.2 Å². The first kappa shape index (κ1) is 14.9. The van der Waals surface area contributed by atoms with Gasteiger partial charge in [0.1, 0.15) is 0 Å². The van der Waals surface area contributed by atoms with Gasteiger partial charge in [-0.15, -0.1) is 0 Å². The zero-order valence-corrected chi connectivity index (χ0v) is 12.1. The first-order valence-corrected chi connectivity index (χ1v) is 6.64. The molecule has 0 radical (unpaired) electrons. The number of nitrogens with zero attached hydrogens (tertiary/aromatic N) is 3. The van der Waals surface area contributed by atoms with Crippen LogP contribution in [0.15, 0.2) is 35.4 Å². The van der Waals surface area contributed by atoms with Crippen molar-refractivity contribution in [3.05, 3.63) is 57.8 Å². The van der Waals surface area contributed by atoms with Crippen molar-refractivity contribution >= 4 is 5.97 Å². The van der Waals surface area contributed by atoms with Gasteiger partial charge in [0.25, 0.3) is 5.56 Å². The van der Waals surface area contributed by atoms with E-state index in [1.165, 1.54) is 11.8 Å². The summed E-state index contributed by atoms with van der Waals surface area (Å²) in [5.41, 5.74) is 1.76. The SMILES string of the molecule is COC(=O)Cc1c(C)cnn(CCc2ccccn2)c1=O. The molecule has 0 atom stereocenters. The van der Waals surface area contributed by atoms with Gasteiger partial charge in [0.15, 0.2) is 0 Å². The van der Waals surface area contributed by atoms with Gasteiger partial charge < -0.3 is 4.74 Å². The number of aryl methyl sites for hydroxylation is 3. The summed E-state index contributed by atoms with van der Waals surface area (Å²) in [4.78, 5) is 27.9. The van der Waals surface area contributed by atoms with Gasteiger partial charge in [-0.05, 0) is 24.6 Å². The molecule has 2 heterocycles. The normalized spacial score (nSPS) is 10.4. The van der Waals surface area contributed by atoms with Crippen LogP contribution in [-0.4, -0.2) is 27.8 Å². The fraction of sp³-hybridized carbons (Fsp3) is 0.333. The molecule has 2 rings (SSSR count). The third-order valence-corrected chi connectivity index (χ3v) is 3.21. The Morgan fingerprint density at radius 1 is 1.38 bits per heavy atom. The molecule has 2 aromatic rings. The van der Waals surface area contributed by atoms with E-state index in [-0.39, 0.29) is 12.0 Å². The Hall–Kier alpha value is -2.50. The van der Waals surface area contributed by atoms with Crippen molar-refractivity contribution in [2.24, 2.45) is 0 Å². The van der Waals surface area contributed by atoms with E-state index in [4.69, 9.17) is 0 Å². The highest BCUT2D eigenvalue weighted by atomic mass is 16.5. The molecular weight excluding hydrogens is 270 g/mol. The van der Waals surface area contributed by atoms with Gasteiger partial charge >= 0.3 is 5.97 Å². The average molecular weight is 287 g/mol. The third-order valence-electron chi connectivity index (χ3n) is 3.21. The molecule has 0 N–H and O–H groups in total. The second-order valence-corrected chi connectivity index (χ2v) is 4.66. The Morgan fingerprint density at radius 3 is 2.86 bits per heavy atom. The minimum atomic E-state index is -0.433. The van der Waals surface area contributed by atoms with Gasteiger partial charge in [-0.25, -0.2) is 4.68 Å². The minimum Gasteiger partial charge on any atom is -0.469 e. The van der Waals surface area contributed by atoms with Crippen LogP contribution in [0.1, 0.15) is 16.8 Å². The van der Waals surface area contributed by atoms with E-state index in [2.05, 4.69) is 14.8 Å². The van der Waals surface area contributed by atoms with Gasteiger partial charge in [0, 0.05) is 23.9 Å². The summed E-state index contributed by atoms with van der Waals surface area (Å²) < 4.78 is 5.98. The van der Waals surface area contributed by atoms with Crippen LogP contribution < -0.4 is 5.56 Å². The first-order valence-electron chi connectivity index (χ1n) is 6.64. The first-order chi connectivity index (χ1) is 10.1. The van der Waals surface area contributed by atoms with Crippen LogP contribution in [0.3, 0.4) is 0 Å². The Morgan fingerprint density at radius 2 is 2.19 bits per heavy atom. The minimum absolute atomic E-state index is 0.0345. The third kappa shape index (κ3) is 3.75. The van der Waals surface area contributed by atoms with Crippen molar-refractivity contribution in [2.75, 3.05) is 7.11 Å². The molecule has 0 bridgehead atoms. The summed E-state index contributed by atoms with van der Waals surface area (Å²) in [5, 5.41) is 4.11. The van der Waals surface area contributed by atoms with Crippen LogP contribution >= 0.6 is 0 Å². The van der Waals surface area contributed by atoms with Crippen molar-refractivity contribution in [1.82, 2.24) is 14.8 Å². The van der Waals surface area contributed by atoms with Crippen LogP contribution in [0.25, 0.3) is 0 Å². The van der Waals surface area contributed by atoms with Crippen molar-refractivity contribution in [3.63, 3.8) is 0 Å². The van der Waals surface area contributed by atoms with Gasteiger partial charge in [0.05, 0.1) is 26.3 Å². The van der Waals surface area contributed by atoms with E-state index in [1.54, 1.807) is 19.3 Å². The summed E-state index contributed by atoms with van der Waals surface area (Å²) in [6, 6.07) is 5.64. The molecule has 6 heteroatoms. The van der Waals surface area contributed by atoms with Gasteiger partial charge in [0.2, 0.25) is 0 Å². The fourth-order valence-corrected chi connectivity index (χ4v) is 1.97. The largest absolute Gasteiger partial charge is 0.469 e. The van der Waals surface area contributed by atoms with Crippen molar-refractivity contribution in [3.8, 4) is 0 Å². The van der Waals surface area contributed by atoms with Crippen LogP contribution in [-0.2, 0) is 28.9 Å². The maximum Gasteiger partial charge on any atom is 0.310 e. The molecule has 0 aromatic carbocycles. The highest BCUT2D eigenvalue weighted by Crippen LogP contribution is 2.03. The van der Waals surface area contributed by atoms with E-state index >= 15 is 0 Å². The zero-order chi connectivity index (χ0) is 15.2. The molecule has 0 aliphatic heterocycles. The monoisotopic (exact) mass is 287 g/mol. The smallest absolute Gasteiger partial charge is 0.310 e. The molecule has 0 aliphatic carbocycles. The van der Waals surface area contributed by atoms with Crippen molar-refractivity contribution in [1.29, 1.82) is 0 Å². The second-order valence-electron chi connectivity index (χ2n) is 4.66. The van der Waals surface area contributed by atoms with Crippen LogP contribution in [0.4, 0.5) is 0 Å². The van der Waals surface area contributed by atoms with E-state index in [0.717, 1.165) is 5.69 Å². The quantitative estimate of drug-likeness (QED) is 0.764. The summed E-state index contributed by atoms with van der Waals surface area (Å²) >= 11 is 0. The molecule has 110 valence electrons. The molecule has 0 fully saturated rings. The van der Waals surface area contributed by atoms with Gasteiger partial charge in [-0.1, -0.05) is 6.07 Å². The summed E-state index contributed by atoms with van der Waals surface area (Å²) in [5.74, 6) is -0.433. The Bertz CT molecular complexity index is 680. The van der Waals surface area contributed by atoms with Crippen LogP contribution in [0.2, 0.25) is 0 Å². The number of carbonyl (C=O) groups is 1. The Kier molecular flexibility index (Phi) is 4.81. The highest BCUT2D eigenvalue weighted by Gasteiger charge is 2.13. The molecular formula is C15H17N3O3. The van der Waals surface area contributed by atoms with Crippen molar-refractivity contribution in [2.45, 2.75) is 26.3 Å². The van der Waals surface area contributed by atoms with Gasteiger partial charge in [-0.2, -0.15) is 5.10 Å². The maximum atomic E-state index is 12.3. The molecule has 0 spiro atoms. The Labute approximate surface area is 122 Å². The number of ether oxygens (including phenoxy) is 1. The number of esters is 1. The molecule has 0 saturated carbocycles. The fourth-order valence-electron chi connectivity index (χ4n) is 1.97. The number of carbonyl (C=O) groups excluding carboxylic acids is 1. The lowest BCUT2D eigenvalue weighted by Gasteiger charge is -2.08. The molecule has 0 saturated heterocycles. The standard InChI is InChI=1S/C15H17N3O3/c1-11-10-17-18(8-6-12-5-3-4-7-16-12)15(20)13(11)9-14(19)21-2/h3-5,7,10H,6,8-9H2,1-2H3. The Balaban J connectivity index is 2.19. The number of aromatic nitrogens is 3. The number of pyridine rings is 1. The second kappa shape index (κ2) is 6.78. The lowest BCUT2D eigenvalue weighted by Crippen LogP contribution is -2.29. The van der Waals surface area contributed by atoms with Crippen molar-refractivity contribution < 1.29 is 9.53 Å². The predicted molar refractivity (Wildman–Crippen MR) is 76.9 cm³/mol. The van der Waals surface area contributed by atoms with E-state index in [9.17, 15) is 9.59 Å². The summed E-state index contributed by atoms with van der Waals surface area (Å²) in [6.45, 7) is 2.18. The molecule has 2 aromatic heterocycles. The highest BCUT2D eigenvalue weighted by molar-refractivity contribution is 5.72. The molecule has 0 aliphatic rings. The number of methoxy groups -OCH3 is 1. The summed E-state index contributed by atoms with van der Waals surface area (Å²) in [7, 11) is 1.30. The zero-order valence-electron chi connectivity index (χ0n) is 12.1. The topological polar surface area (TPSA) is 74.1 Å². The van der Waals surface area contributed by atoms with Crippen LogP contribution in [0, 0.1) is 6.92 Å². The number of hydrogen-bond donors (Lipinski definition) is 0. The number of hydrogen-bond acceptors (Lipinski definition) is 5. The lowest BCUT2D eigenvalue weighted by molar-refractivity contribution is -0.139. The lowest BCUT2D eigenvalue weighted by atomic mass is 10.1.